The second-order valence-electron chi connectivity index (χ2n) is 2.44. The first-order valence-electron chi connectivity index (χ1n) is 4.00. The SMILES string of the molecule is CCCCCCCC#CI. The van der Waals surface area contributed by atoms with Crippen LogP contribution in [0.15, 0.2) is 0 Å². The third-order valence-electron chi connectivity index (χ3n) is 1.47. The molecular formula is C9H15I. The van der Waals surface area contributed by atoms with Crippen LogP contribution in [0, 0.1) is 9.85 Å². The van der Waals surface area contributed by atoms with E-state index in [1.165, 1.54) is 32.1 Å². The standard InChI is InChI=1S/C9H15I/c1-2-3-4-5-6-7-8-9-10/h2-7H2,1H3. The van der Waals surface area contributed by atoms with Gasteiger partial charge in [-0.3, -0.25) is 0 Å². The Balaban J connectivity index is 2.82. The average Bonchev–Trinajstić information content (AvgIpc) is 1.97. The van der Waals surface area contributed by atoms with Gasteiger partial charge >= 0.3 is 0 Å². The smallest absolute Gasteiger partial charge is 0.0181 e. The lowest BCUT2D eigenvalue weighted by molar-refractivity contribution is 0.641. The summed E-state index contributed by atoms with van der Waals surface area (Å²) in [5.41, 5.74) is 0. The fraction of sp³-hybridized carbons (Fsp3) is 0.778. The monoisotopic (exact) mass is 250 g/mol. The largest absolute Gasteiger partial charge is 0.0919 e. The van der Waals surface area contributed by atoms with Crippen LogP contribution in [0.2, 0.25) is 0 Å². The van der Waals surface area contributed by atoms with E-state index in [-0.39, 0.29) is 0 Å². The predicted molar refractivity (Wildman–Crippen MR) is 55.2 cm³/mol. The van der Waals surface area contributed by atoms with Crippen molar-refractivity contribution >= 4 is 22.6 Å². The van der Waals surface area contributed by atoms with Gasteiger partial charge in [0, 0.05) is 29.0 Å². The zero-order chi connectivity index (χ0) is 7.66. The maximum Gasteiger partial charge on any atom is 0.0181 e. The van der Waals surface area contributed by atoms with Gasteiger partial charge in [0.15, 0.2) is 0 Å². The van der Waals surface area contributed by atoms with E-state index in [2.05, 4.69) is 39.4 Å². The summed E-state index contributed by atoms with van der Waals surface area (Å²) in [5.74, 6) is 3.06. The van der Waals surface area contributed by atoms with Crippen molar-refractivity contribution in [1.29, 1.82) is 0 Å². The Morgan fingerprint density at radius 2 is 1.80 bits per heavy atom. The van der Waals surface area contributed by atoms with Crippen LogP contribution < -0.4 is 0 Å². The molecule has 0 rings (SSSR count). The van der Waals surface area contributed by atoms with Crippen LogP contribution in [0.1, 0.15) is 45.4 Å². The van der Waals surface area contributed by atoms with Crippen molar-refractivity contribution in [2.75, 3.05) is 0 Å². The van der Waals surface area contributed by atoms with Crippen molar-refractivity contribution in [1.82, 2.24) is 0 Å². The van der Waals surface area contributed by atoms with Gasteiger partial charge in [0.25, 0.3) is 0 Å². The summed E-state index contributed by atoms with van der Waals surface area (Å²) >= 11 is 2.09. The number of unbranched alkanes of at least 4 members (excludes halogenated alkanes) is 5. The van der Waals surface area contributed by atoms with E-state index >= 15 is 0 Å². The summed E-state index contributed by atoms with van der Waals surface area (Å²) in [5, 5.41) is 0. The summed E-state index contributed by atoms with van der Waals surface area (Å²) in [6.07, 6.45) is 7.84. The molecule has 1 heteroatoms. The fourth-order valence-electron chi connectivity index (χ4n) is 0.864. The van der Waals surface area contributed by atoms with Crippen molar-refractivity contribution < 1.29 is 0 Å². The molecule has 0 saturated carbocycles. The highest BCUT2D eigenvalue weighted by atomic mass is 127. The second-order valence-corrected chi connectivity index (χ2v) is 2.97. The predicted octanol–water partition coefficient (Wildman–Crippen LogP) is 3.74. The van der Waals surface area contributed by atoms with Crippen LogP contribution in [0.5, 0.6) is 0 Å². The molecule has 0 unspecified atom stereocenters. The third-order valence-corrected chi connectivity index (χ3v) is 1.85. The molecule has 0 saturated heterocycles. The molecule has 0 radical (unpaired) electrons. The molecule has 58 valence electrons. The first kappa shape index (κ1) is 10.3. The highest BCUT2D eigenvalue weighted by molar-refractivity contribution is 14.1. The van der Waals surface area contributed by atoms with Crippen molar-refractivity contribution in [3.8, 4) is 9.85 Å². The van der Waals surface area contributed by atoms with Crippen LogP contribution in [0.3, 0.4) is 0 Å². The molecule has 0 aromatic carbocycles. The van der Waals surface area contributed by atoms with Crippen molar-refractivity contribution in [2.45, 2.75) is 45.4 Å². The Bertz CT molecular complexity index is 108. The molecule has 0 spiro atoms. The van der Waals surface area contributed by atoms with Crippen LogP contribution in [-0.2, 0) is 0 Å². The molecule has 0 amide bonds. The van der Waals surface area contributed by atoms with Crippen molar-refractivity contribution in [3.63, 3.8) is 0 Å². The molecule has 0 aromatic heterocycles. The van der Waals surface area contributed by atoms with Crippen LogP contribution in [0.25, 0.3) is 0 Å². The van der Waals surface area contributed by atoms with E-state index in [4.69, 9.17) is 0 Å². The molecule has 0 heterocycles. The minimum Gasteiger partial charge on any atom is -0.0919 e. The van der Waals surface area contributed by atoms with Crippen LogP contribution in [0.4, 0.5) is 0 Å². The van der Waals surface area contributed by atoms with Gasteiger partial charge in [0.1, 0.15) is 0 Å². The Morgan fingerprint density at radius 1 is 1.10 bits per heavy atom. The third kappa shape index (κ3) is 8.29. The maximum atomic E-state index is 3.06. The van der Waals surface area contributed by atoms with Crippen LogP contribution in [-0.4, -0.2) is 0 Å². The quantitative estimate of drug-likeness (QED) is 0.396. The minimum atomic E-state index is 1.09. The van der Waals surface area contributed by atoms with Crippen molar-refractivity contribution in [3.05, 3.63) is 0 Å². The minimum absolute atomic E-state index is 1.09. The zero-order valence-electron chi connectivity index (χ0n) is 6.62. The van der Waals surface area contributed by atoms with Gasteiger partial charge in [-0.1, -0.05) is 38.5 Å². The van der Waals surface area contributed by atoms with E-state index in [1.54, 1.807) is 0 Å². The normalized spacial score (nSPS) is 8.60. The summed E-state index contributed by atoms with van der Waals surface area (Å²) in [7, 11) is 0. The lowest BCUT2D eigenvalue weighted by Gasteiger charge is -1.93. The maximum absolute atomic E-state index is 3.06. The molecule has 0 aliphatic heterocycles. The molecule has 0 N–H and O–H groups in total. The summed E-state index contributed by atoms with van der Waals surface area (Å²) in [6, 6.07) is 0. The molecule has 0 nitrogen and oxygen atoms in total. The molecule has 10 heavy (non-hydrogen) atoms. The molecule has 0 aliphatic rings. The van der Waals surface area contributed by atoms with Gasteiger partial charge in [0.05, 0.1) is 0 Å². The highest BCUT2D eigenvalue weighted by Crippen LogP contribution is 2.03. The molecular weight excluding hydrogens is 235 g/mol. The number of halogens is 1. The zero-order valence-corrected chi connectivity index (χ0v) is 8.78. The van der Waals surface area contributed by atoms with Gasteiger partial charge in [-0.05, 0) is 10.3 Å². The lowest BCUT2D eigenvalue weighted by Crippen LogP contribution is -1.75. The van der Waals surface area contributed by atoms with Gasteiger partial charge in [0.2, 0.25) is 0 Å². The first-order chi connectivity index (χ1) is 4.91. The van der Waals surface area contributed by atoms with Crippen molar-refractivity contribution in [2.24, 2.45) is 0 Å². The average molecular weight is 250 g/mol. The number of rotatable bonds is 5. The summed E-state index contributed by atoms with van der Waals surface area (Å²) < 4.78 is 2.88. The Morgan fingerprint density at radius 3 is 2.40 bits per heavy atom. The molecule has 0 aromatic rings. The molecule has 0 bridgehead atoms. The van der Waals surface area contributed by atoms with E-state index in [0.29, 0.717) is 0 Å². The van der Waals surface area contributed by atoms with E-state index in [9.17, 15) is 0 Å². The Labute approximate surface area is 77.9 Å². The van der Waals surface area contributed by atoms with Gasteiger partial charge in [-0.15, -0.1) is 0 Å². The molecule has 0 aliphatic carbocycles. The van der Waals surface area contributed by atoms with Gasteiger partial charge in [-0.25, -0.2) is 0 Å². The fourth-order valence-corrected chi connectivity index (χ4v) is 1.13. The number of hydrogen-bond acceptors (Lipinski definition) is 0. The van der Waals surface area contributed by atoms with E-state index in [1.807, 2.05) is 0 Å². The first-order valence-corrected chi connectivity index (χ1v) is 5.08. The number of hydrogen-bond donors (Lipinski definition) is 0. The van der Waals surface area contributed by atoms with Gasteiger partial charge in [-0.2, -0.15) is 0 Å². The molecule has 0 atom stereocenters. The lowest BCUT2D eigenvalue weighted by atomic mass is 10.1. The van der Waals surface area contributed by atoms with E-state index < -0.39 is 0 Å². The molecule has 0 fully saturated rings. The summed E-state index contributed by atoms with van der Waals surface area (Å²) in [4.78, 5) is 0. The Hall–Kier alpha value is 0.290. The highest BCUT2D eigenvalue weighted by Gasteiger charge is 1.85. The summed E-state index contributed by atoms with van der Waals surface area (Å²) in [6.45, 7) is 2.24. The Kier molecular flexibility index (Phi) is 9.56. The van der Waals surface area contributed by atoms with Gasteiger partial charge < -0.3 is 0 Å². The second kappa shape index (κ2) is 9.29. The topological polar surface area (TPSA) is 0 Å². The van der Waals surface area contributed by atoms with Crippen LogP contribution >= 0.6 is 22.6 Å². The van der Waals surface area contributed by atoms with E-state index in [0.717, 1.165) is 6.42 Å².